The molecule has 188 valence electrons. The summed E-state index contributed by atoms with van der Waals surface area (Å²) in [6.07, 6.45) is 11.6. The van der Waals surface area contributed by atoms with E-state index in [0.29, 0.717) is 23.6 Å². The predicted molar refractivity (Wildman–Crippen MR) is 135 cm³/mol. The lowest BCUT2D eigenvalue weighted by atomic mass is 9.44. The Balaban J connectivity index is 1.20. The van der Waals surface area contributed by atoms with E-state index in [0.717, 1.165) is 60.5 Å². The Labute approximate surface area is 206 Å². The molecule has 0 saturated heterocycles. The third-order valence-corrected chi connectivity index (χ3v) is 11.9. The highest BCUT2D eigenvalue weighted by atomic mass is 16.5. The second-order valence-electron chi connectivity index (χ2n) is 13.0. The fourth-order valence-electron chi connectivity index (χ4n) is 9.95. The zero-order valence-electron chi connectivity index (χ0n) is 21.8. The molecule has 0 unspecified atom stereocenters. The maximum absolute atomic E-state index is 10.3. The molecule has 1 aliphatic heterocycles. The van der Waals surface area contributed by atoms with Crippen molar-refractivity contribution >= 4 is 0 Å². The smallest absolute Gasteiger partial charge is 0.142 e. The molecular formula is C30H45NO3. The van der Waals surface area contributed by atoms with Crippen molar-refractivity contribution in [1.82, 2.24) is 4.90 Å². The zero-order chi connectivity index (χ0) is 23.7. The fourth-order valence-corrected chi connectivity index (χ4v) is 9.95. The molecule has 1 heterocycles. The normalized spacial score (nSPS) is 44.7. The van der Waals surface area contributed by atoms with E-state index in [1.54, 1.807) is 7.11 Å². The van der Waals surface area contributed by atoms with Crippen LogP contribution in [0.25, 0.3) is 0 Å². The number of nitrogens with zero attached hydrogens (tertiary/aromatic N) is 1. The largest absolute Gasteiger partial charge is 0.497 e. The highest BCUT2D eigenvalue weighted by Gasteiger charge is 2.61. The van der Waals surface area contributed by atoms with Gasteiger partial charge in [0.2, 0.25) is 0 Å². The lowest BCUT2D eigenvalue weighted by Crippen LogP contribution is -2.55. The Hall–Kier alpha value is -1.26. The van der Waals surface area contributed by atoms with Crippen molar-refractivity contribution in [3.05, 3.63) is 23.8 Å². The molecule has 4 heteroatoms. The molecule has 0 radical (unpaired) electrons. The van der Waals surface area contributed by atoms with Crippen molar-refractivity contribution in [2.24, 2.45) is 40.4 Å². The lowest BCUT2D eigenvalue weighted by Gasteiger charge is -2.61. The first-order valence-electron chi connectivity index (χ1n) is 14.1. The minimum absolute atomic E-state index is 0.0444. The molecule has 5 aliphatic rings. The first-order chi connectivity index (χ1) is 16.3. The molecule has 4 saturated carbocycles. The summed E-state index contributed by atoms with van der Waals surface area (Å²) in [4.78, 5) is 2.58. The average Bonchev–Trinajstić information content (AvgIpc) is 3.20. The number of methoxy groups -OCH3 is 1. The van der Waals surface area contributed by atoms with Crippen LogP contribution in [0, 0.1) is 40.4 Å². The van der Waals surface area contributed by atoms with Crippen LogP contribution in [0.3, 0.4) is 0 Å². The Morgan fingerprint density at radius 3 is 2.65 bits per heavy atom. The second-order valence-corrected chi connectivity index (χ2v) is 13.0. The molecule has 4 nitrogen and oxygen atoms in total. The summed E-state index contributed by atoms with van der Waals surface area (Å²) in [6, 6.07) is 6.74. The highest BCUT2D eigenvalue weighted by Crippen LogP contribution is 2.68. The molecule has 0 aromatic heterocycles. The number of fused-ring (bicyclic) bond motifs is 6. The molecule has 1 N–H and O–H groups in total. The van der Waals surface area contributed by atoms with Crippen LogP contribution in [-0.2, 0) is 6.54 Å². The van der Waals surface area contributed by atoms with E-state index in [9.17, 15) is 5.11 Å². The summed E-state index contributed by atoms with van der Waals surface area (Å²) < 4.78 is 11.7. The summed E-state index contributed by atoms with van der Waals surface area (Å²) in [5.41, 5.74) is 2.18. The van der Waals surface area contributed by atoms with E-state index in [-0.39, 0.29) is 6.10 Å². The van der Waals surface area contributed by atoms with Gasteiger partial charge < -0.3 is 14.6 Å². The van der Waals surface area contributed by atoms with Gasteiger partial charge in [-0.05, 0) is 123 Å². The van der Waals surface area contributed by atoms with Crippen molar-refractivity contribution in [3.8, 4) is 11.5 Å². The monoisotopic (exact) mass is 467 g/mol. The topological polar surface area (TPSA) is 41.9 Å². The van der Waals surface area contributed by atoms with Crippen molar-refractivity contribution in [2.75, 3.05) is 13.8 Å². The molecular weight excluding hydrogens is 422 g/mol. The standard InChI is InChI=1S/C30H45NO3/c1-19(31-17-20-15-23(33-4)6-10-28(20)34-18-31)25-8-9-26-24-7-5-21-16-22(32)11-13-29(21,2)27(24)12-14-30(25,26)3/h6,10,15,19,21-22,24-27,32H,5,7-9,11-14,16-18H2,1-4H3/t19-,21-,22-,24-,25+,26-,27-,29-,30+/m0/s1. The Kier molecular flexibility index (Phi) is 5.72. The maximum Gasteiger partial charge on any atom is 0.142 e. The molecule has 6 rings (SSSR count). The van der Waals surface area contributed by atoms with Crippen LogP contribution in [0.1, 0.15) is 84.1 Å². The van der Waals surface area contributed by atoms with E-state index in [4.69, 9.17) is 9.47 Å². The van der Waals surface area contributed by atoms with E-state index in [2.05, 4.69) is 37.8 Å². The SMILES string of the molecule is COc1ccc2c(c1)CN([C@@H](C)[C@H]1CC[C@H]3[C@@H]4CC[C@H]5C[C@@H](O)CC[C@]5(C)[C@H]4CC[C@]13C)CO2. The number of hydrogen-bond donors (Lipinski definition) is 1. The van der Waals surface area contributed by atoms with Crippen molar-refractivity contribution in [3.63, 3.8) is 0 Å². The van der Waals surface area contributed by atoms with Gasteiger partial charge in [0.1, 0.15) is 18.2 Å². The van der Waals surface area contributed by atoms with Crippen LogP contribution in [0.2, 0.25) is 0 Å². The minimum atomic E-state index is -0.0444. The van der Waals surface area contributed by atoms with Crippen molar-refractivity contribution in [1.29, 1.82) is 0 Å². The van der Waals surface area contributed by atoms with Crippen LogP contribution in [0.5, 0.6) is 11.5 Å². The van der Waals surface area contributed by atoms with Gasteiger partial charge in [0, 0.05) is 18.2 Å². The van der Waals surface area contributed by atoms with Gasteiger partial charge in [-0.3, -0.25) is 4.90 Å². The molecule has 4 aliphatic carbocycles. The Morgan fingerprint density at radius 1 is 1.03 bits per heavy atom. The number of hydrogen-bond acceptors (Lipinski definition) is 4. The third kappa shape index (κ3) is 3.45. The van der Waals surface area contributed by atoms with Crippen LogP contribution in [0.15, 0.2) is 18.2 Å². The van der Waals surface area contributed by atoms with Crippen LogP contribution < -0.4 is 9.47 Å². The molecule has 0 spiro atoms. The summed E-state index contributed by atoms with van der Waals surface area (Å²) in [7, 11) is 1.74. The van der Waals surface area contributed by atoms with E-state index < -0.39 is 0 Å². The molecule has 1 aromatic carbocycles. The first-order valence-corrected chi connectivity index (χ1v) is 14.1. The maximum atomic E-state index is 10.3. The number of aliphatic hydroxyl groups is 1. The third-order valence-electron chi connectivity index (χ3n) is 11.9. The quantitative estimate of drug-likeness (QED) is 0.570. The van der Waals surface area contributed by atoms with Crippen molar-refractivity contribution < 1.29 is 14.6 Å². The molecule has 9 atom stereocenters. The second kappa shape index (κ2) is 8.40. The van der Waals surface area contributed by atoms with Crippen molar-refractivity contribution in [2.45, 2.75) is 97.2 Å². The van der Waals surface area contributed by atoms with Gasteiger partial charge >= 0.3 is 0 Å². The minimum Gasteiger partial charge on any atom is -0.497 e. The molecule has 4 fully saturated rings. The predicted octanol–water partition coefficient (Wildman–Crippen LogP) is 6.26. The molecule has 0 amide bonds. The van der Waals surface area contributed by atoms with Gasteiger partial charge in [0.05, 0.1) is 13.2 Å². The average molecular weight is 468 g/mol. The fraction of sp³-hybridized carbons (Fsp3) is 0.800. The van der Waals surface area contributed by atoms with Gasteiger partial charge in [-0.15, -0.1) is 0 Å². The summed E-state index contributed by atoms with van der Waals surface area (Å²) in [5, 5.41) is 10.3. The van der Waals surface area contributed by atoms with Gasteiger partial charge in [-0.25, -0.2) is 0 Å². The van der Waals surface area contributed by atoms with Gasteiger partial charge in [-0.2, -0.15) is 0 Å². The molecule has 34 heavy (non-hydrogen) atoms. The molecule has 1 aromatic rings. The Bertz CT molecular complexity index is 918. The van der Waals surface area contributed by atoms with Gasteiger partial charge in [-0.1, -0.05) is 13.8 Å². The van der Waals surface area contributed by atoms with E-state index >= 15 is 0 Å². The van der Waals surface area contributed by atoms with E-state index in [1.807, 2.05) is 6.07 Å². The number of rotatable bonds is 3. The number of benzene rings is 1. The number of aliphatic hydroxyl groups excluding tert-OH is 1. The lowest BCUT2D eigenvalue weighted by molar-refractivity contribution is -0.131. The summed E-state index contributed by atoms with van der Waals surface area (Å²) in [5.74, 6) is 6.08. The summed E-state index contributed by atoms with van der Waals surface area (Å²) in [6.45, 7) is 9.39. The Morgan fingerprint density at radius 2 is 1.82 bits per heavy atom. The van der Waals surface area contributed by atoms with Crippen LogP contribution >= 0.6 is 0 Å². The van der Waals surface area contributed by atoms with Gasteiger partial charge in [0.25, 0.3) is 0 Å². The van der Waals surface area contributed by atoms with Gasteiger partial charge in [0.15, 0.2) is 0 Å². The zero-order valence-corrected chi connectivity index (χ0v) is 21.8. The number of ether oxygens (including phenoxy) is 2. The van der Waals surface area contributed by atoms with Crippen LogP contribution in [-0.4, -0.2) is 36.0 Å². The first kappa shape index (κ1) is 23.2. The van der Waals surface area contributed by atoms with Crippen LogP contribution in [0.4, 0.5) is 0 Å². The summed E-state index contributed by atoms with van der Waals surface area (Å²) >= 11 is 0. The highest BCUT2D eigenvalue weighted by molar-refractivity contribution is 5.41. The molecule has 0 bridgehead atoms. The van der Waals surface area contributed by atoms with E-state index in [1.165, 1.54) is 50.5 Å².